The van der Waals surface area contributed by atoms with E-state index in [9.17, 15) is 0 Å². The molecule has 8 nitrogen and oxygen atoms in total. The second-order valence-corrected chi connectivity index (χ2v) is 6.28. The number of hydrogen-bond acceptors (Lipinski definition) is 7. The number of ether oxygens (including phenoxy) is 3. The molecule has 0 radical (unpaired) electrons. The summed E-state index contributed by atoms with van der Waals surface area (Å²) in [5, 5.41) is 10.5. The molecule has 0 bridgehead atoms. The first kappa shape index (κ1) is 20.5. The molecule has 154 valence electrons. The van der Waals surface area contributed by atoms with Gasteiger partial charge in [0, 0.05) is 11.8 Å². The number of aromatic nitrogens is 3. The van der Waals surface area contributed by atoms with Crippen LogP contribution in [0.3, 0.4) is 0 Å². The lowest BCUT2D eigenvalue weighted by atomic mass is 10.1. The number of benzene rings is 2. The van der Waals surface area contributed by atoms with Gasteiger partial charge in [0.15, 0.2) is 17.3 Å². The molecule has 3 rings (SSSR count). The van der Waals surface area contributed by atoms with Crippen molar-refractivity contribution in [3.63, 3.8) is 0 Å². The first-order valence-corrected chi connectivity index (χ1v) is 9.58. The monoisotopic (exact) mass is 397 g/mol. The summed E-state index contributed by atoms with van der Waals surface area (Å²) < 4.78 is 16.5. The van der Waals surface area contributed by atoms with Crippen LogP contribution in [-0.2, 0) is 6.54 Å². The van der Waals surface area contributed by atoms with E-state index in [1.807, 2.05) is 56.3 Å². The third-order valence-corrected chi connectivity index (χ3v) is 4.28. The van der Waals surface area contributed by atoms with Crippen LogP contribution in [0.5, 0.6) is 17.2 Å². The molecule has 2 aromatic carbocycles. The number of nitrogens with two attached hydrogens (primary N) is 1. The van der Waals surface area contributed by atoms with E-state index in [0.717, 1.165) is 17.0 Å². The minimum absolute atomic E-state index is 0.480. The Bertz CT molecular complexity index is 928. The van der Waals surface area contributed by atoms with Crippen molar-refractivity contribution in [3.8, 4) is 17.2 Å². The number of aromatic amines is 1. The number of anilines is 1. The van der Waals surface area contributed by atoms with Gasteiger partial charge in [-0.2, -0.15) is 5.10 Å². The Morgan fingerprint density at radius 1 is 1.07 bits per heavy atom. The average Bonchev–Trinajstić information content (AvgIpc) is 3.22. The molecule has 0 amide bonds. The highest BCUT2D eigenvalue weighted by Crippen LogP contribution is 2.31. The zero-order valence-electron chi connectivity index (χ0n) is 16.9. The van der Waals surface area contributed by atoms with E-state index in [2.05, 4.69) is 20.5 Å². The Balaban J connectivity index is 1.69. The summed E-state index contributed by atoms with van der Waals surface area (Å²) in [6.45, 7) is 5.46. The molecule has 0 spiro atoms. The van der Waals surface area contributed by atoms with Gasteiger partial charge in [-0.3, -0.25) is 5.10 Å². The highest BCUT2D eigenvalue weighted by Gasteiger charge is 2.17. The van der Waals surface area contributed by atoms with Crippen molar-refractivity contribution in [2.75, 3.05) is 25.6 Å². The molecule has 3 aromatic rings. The fourth-order valence-electron chi connectivity index (χ4n) is 2.86. The summed E-state index contributed by atoms with van der Waals surface area (Å²) in [4.78, 5) is 4.52. The summed E-state index contributed by atoms with van der Waals surface area (Å²) in [6.07, 6.45) is 0. The normalized spacial score (nSPS) is 11.7. The van der Waals surface area contributed by atoms with Crippen LogP contribution >= 0.6 is 0 Å². The number of nitrogens with zero attached hydrogens (tertiary/aromatic N) is 2. The van der Waals surface area contributed by atoms with E-state index in [4.69, 9.17) is 19.9 Å². The molecule has 1 heterocycles. The van der Waals surface area contributed by atoms with Crippen LogP contribution < -0.4 is 25.3 Å². The van der Waals surface area contributed by atoms with E-state index >= 15 is 0 Å². The molecule has 29 heavy (non-hydrogen) atoms. The minimum Gasteiger partial charge on any atom is -0.497 e. The summed E-state index contributed by atoms with van der Waals surface area (Å²) in [5.41, 5.74) is 8.17. The van der Waals surface area contributed by atoms with E-state index in [1.54, 1.807) is 7.11 Å². The number of methoxy groups -OCH3 is 1. The highest BCUT2D eigenvalue weighted by molar-refractivity contribution is 5.48. The van der Waals surface area contributed by atoms with Gasteiger partial charge >= 0.3 is 0 Å². The molecule has 1 aromatic heterocycles. The minimum atomic E-state index is -0.480. The van der Waals surface area contributed by atoms with Crippen molar-refractivity contribution in [2.24, 2.45) is 5.73 Å². The van der Waals surface area contributed by atoms with E-state index < -0.39 is 6.04 Å². The summed E-state index contributed by atoms with van der Waals surface area (Å²) >= 11 is 0. The predicted molar refractivity (Wildman–Crippen MR) is 112 cm³/mol. The molecule has 8 heteroatoms. The van der Waals surface area contributed by atoms with Crippen LogP contribution in [-0.4, -0.2) is 35.5 Å². The van der Waals surface area contributed by atoms with E-state index in [0.29, 0.717) is 42.9 Å². The van der Waals surface area contributed by atoms with Crippen LogP contribution in [0.1, 0.15) is 37.1 Å². The lowest BCUT2D eigenvalue weighted by molar-refractivity contribution is 0.287. The molecule has 0 aliphatic rings. The summed E-state index contributed by atoms with van der Waals surface area (Å²) in [5.74, 6) is 3.35. The molecule has 0 unspecified atom stereocenters. The Morgan fingerprint density at radius 2 is 1.86 bits per heavy atom. The zero-order chi connectivity index (χ0) is 20.6. The second kappa shape index (κ2) is 9.79. The third kappa shape index (κ3) is 5.17. The van der Waals surface area contributed by atoms with Crippen molar-refractivity contribution < 1.29 is 14.2 Å². The van der Waals surface area contributed by atoms with Crippen LogP contribution in [0.2, 0.25) is 0 Å². The molecular weight excluding hydrogens is 370 g/mol. The zero-order valence-corrected chi connectivity index (χ0v) is 16.9. The fraction of sp³-hybridized carbons (Fsp3) is 0.333. The van der Waals surface area contributed by atoms with Gasteiger partial charge < -0.3 is 25.3 Å². The van der Waals surface area contributed by atoms with Crippen molar-refractivity contribution in [1.82, 2.24) is 15.2 Å². The van der Waals surface area contributed by atoms with Crippen molar-refractivity contribution >= 4 is 5.69 Å². The van der Waals surface area contributed by atoms with Crippen molar-refractivity contribution in [2.45, 2.75) is 26.4 Å². The van der Waals surface area contributed by atoms with Gasteiger partial charge in [0.25, 0.3) is 0 Å². The smallest absolute Gasteiger partial charge is 0.171 e. The van der Waals surface area contributed by atoms with Crippen LogP contribution in [0.15, 0.2) is 42.5 Å². The van der Waals surface area contributed by atoms with Gasteiger partial charge in [-0.15, -0.1) is 0 Å². The molecule has 0 saturated carbocycles. The number of H-pyrrole nitrogens is 1. The van der Waals surface area contributed by atoms with Crippen molar-refractivity contribution in [1.29, 1.82) is 0 Å². The molecular formula is C21H27N5O3. The average molecular weight is 397 g/mol. The Labute approximate surface area is 170 Å². The molecule has 0 fully saturated rings. The Morgan fingerprint density at radius 3 is 2.62 bits per heavy atom. The maximum absolute atomic E-state index is 6.39. The third-order valence-electron chi connectivity index (χ3n) is 4.28. The van der Waals surface area contributed by atoms with Crippen LogP contribution in [0, 0.1) is 0 Å². The van der Waals surface area contributed by atoms with Crippen LogP contribution in [0.4, 0.5) is 5.69 Å². The lowest BCUT2D eigenvalue weighted by Crippen LogP contribution is -2.14. The first-order valence-electron chi connectivity index (χ1n) is 9.58. The number of nitrogens with one attached hydrogen (secondary N) is 2. The molecule has 4 N–H and O–H groups in total. The molecule has 0 aliphatic heterocycles. The van der Waals surface area contributed by atoms with E-state index in [-0.39, 0.29) is 0 Å². The van der Waals surface area contributed by atoms with Gasteiger partial charge in [0.1, 0.15) is 11.6 Å². The molecule has 1 atom stereocenters. The Hall–Kier alpha value is -3.26. The SMILES string of the molecule is CCOc1ccc([C@H](N)c2n[nH]c(CNc3cccc(OC)c3)n2)cc1OCC. The van der Waals surface area contributed by atoms with Crippen LogP contribution in [0.25, 0.3) is 0 Å². The van der Waals surface area contributed by atoms with Gasteiger partial charge in [-0.25, -0.2) is 4.98 Å². The van der Waals surface area contributed by atoms with Gasteiger partial charge in [-0.05, 0) is 43.7 Å². The summed E-state index contributed by atoms with van der Waals surface area (Å²) in [7, 11) is 1.64. The second-order valence-electron chi connectivity index (χ2n) is 6.28. The van der Waals surface area contributed by atoms with Crippen molar-refractivity contribution in [3.05, 3.63) is 59.7 Å². The topological polar surface area (TPSA) is 107 Å². The maximum atomic E-state index is 6.39. The summed E-state index contributed by atoms with van der Waals surface area (Å²) in [6, 6.07) is 12.9. The molecule has 0 saturated heterocycles. The first-order chi connectivity index (χ1) is 14.1. The number of rotatable bonds is 10. The predicted octanol–water partition coefficient (Wildman–Crippen LogP) is 3.27. The number of hydrogen-bond donors (Lipinski definition) is 3. The Kier molecular flexibility index (Phi) is 6.91. The van der Waals surface area contributed by atoms with Gasteiger partial charge in [0.2, 0.25) is 0 Å². The van der Waals surface area contributed by atoms with E-state index in [1.165, 1.54) is 0 Å². The largest absolute Gasteiger partial charge is 0.497 e. The maximum Gasteiger partial charge on any atom is 0.171 e. The highest BCUT2D eigenvalue weighted by atomic mass is 16.5. The molecule has 0 aliphatic carbocycles. The standard InChI is InChI=1S/C21H27N5O3/c1-4-28-17-10-9-14(11-18(17)29-5-2)20(22)21-24-19(25-26-21)13-23-15-7-6-8-16(12-15)27-3/h6-12,20,23H,4-5,13,22H2,1-3H3,(H,24,25,26)/t20-/m0/s1. The van der Waals surface area contributed by atoms with Gasteiger partial charge in [-0.1, -0.05) is 12.1 Å². The quantitative estimate of drug-likeness (QED) is 0.482. The fourth-order valence-corrected chi connectivity index (χ4v) is 2.86. The van der Waals surface area contributed by atoms with Gasteiger partial charge in [0.05, 0.1) is 32.9 Å². The lowest BCUT2D eigenvalue weighted by Gasteiger charge is -2.14.